The number of rotatable bonds is 5. The van der Waals surface area contributed by atoms with Gasteiger partial charge in [-0.05, 0) is 35.7 Å². The van der Waals surface area contributed by atoms with Gasteiger partial charge in [-0.1, -0.05) is 37.6 Å². The molecule has 0 aliphatic rings. The second-order valence-electron chi connectivity index (χ2n) is 5.16. The maximum Gasteiger partial charge on any atom is 0.275 e. The molecular weight excluding hydrogens is 288 g/mol. The third-order valence-corrected chi connectivity index (χ3v) is 3.52. The number of nitrogens with one attached hydrogen (secondary N) is 1. The highest BCUT2D eigenvalue weighted by Crippen LogP contribution is 2.25. The molecule has 0 fully saturated rings. The van der Waals surface area contributed by atoms with Crippen LogP contribution in [0.25, 0.3) is 0 Å². The van der Waals surface area contributed by atoms with Gasteiger partial charge in [0, 0.05) is 28.9 Å². The van der Waals surface area contributed by atoms with E-state index in [1.165, 1.54) is 11.6 Å². The largest absolute Gasteiger partial charge is 0.381 e. The van der Waals surface area contributed by atoms with Gasteiger partial charge in [0.05, 0.1) is 4.92 Å². The minimum Gasteiger partial charge on any atom is -0.381 e. The van der Waals surface area contributed by atoms with Crippen molar-refractivity contribution in [1.29, 1.82) is 0 Å². The molecule has 0 spiro atoms. The number of nitro benzene ring substituents is 1. The molecule has 0 amide bonds. The van der Waals surface area contributed by atoms with Gasteiger partial charge >= 0.3 is 0 Å². The van der Waals surface area contributed by atoms with E-state index in [0.717, 1.165) is 5.69 Å². The Balaban J connectivity index is 2.17. The Morgan fingerprint density at radius 1 is 1.24 bits per heavy atom. The van der Waals surface area contributed by atoms with E-state index >= 15 is 0 Å². The molecule has 4 nitrogen and oxygen atoms in total. The fourth-order valence-corrected chi connectivity index (χ4v) is 2.23. The van der Waals surface area contributed by atoms with Crippen molar-refractivity contribution in [2.45, 2.75) is 26.3 Å². The lowest BCUT2D eigenvalue weighted by atomic mass is 10.0. The lowest BCUT2D eigenvalue weighted by molar-refractivity contribution is -0.385. The molecule has 0 saturated carbocycles. The average Bonchev–Trinajstić information content (AvgIpc) is 2.46. The van der Waals surface area contributed by atoms with Crippen LogP contribution in [0.15, 0.2) is 42.5 Å². The second kappa shape index (κ2) is 6.59. The maximum atomic E-state index is 11.0. The van der Waals surface area contributed by atoms with Gasteiger partial charge in [-0.2, -0.15) is 0 Å². The van der Waals surface area contributed by atoms with Crippen molar-refractivity contribution in [2.24, 2.45) is 0 Å². The summed E-state index contributed by atoms with van der Waals surface area (Å²) in [6, 6.07) is 12.8. The number of hydrogen-bond acceptors (Lipinski definition) is 3. The first-order valence-electron chi connectivity index (χ1n) is 6.74. The van der Waals surface area contributed by atoms with E-state index in [-0.39, 0.29) is 5.69 Å². The molecule has 0 atom stereocenters. The van der Waals surface area contributed by atoms with E-state index in [1.807, 2.05) is 12.1 Å². The smallest absolute Gasteiger partial charge is 0.275 e. The predicted octanol–water partition coefficient (Wildman–Crippen LogP) is 4.98. The van der Waals surface area contributed by atoms with Crippen molar-refractivity contribution in [3.8, 4) is 0 Å². The number of anilines is 1. The van der Waals surface area contributed by atoms with Crippen molar-refractivity contribution in [3.05, 3.63) is 68.7 Å². The van der Waals surface area contributed by atoms with E-state index in [9.17, 15) is 10.1 Å². The fourth-order valence-electron chi connectivity index (χ4n) is 2.06. The Hall–Kier alpha value is -2.07. The van der Waals surface area contributed by atoms with Gasteiger partial charge in [0.1, 0.15) is 0 Å². The lowest BCUT2D eigenvalue weighted by Gasteiger charge is -2.11. The molecule has 21 heavy (non-hydrogen) atoms. The van der Waals surface area contributed by atoms with Gasteiger partial charge in [0.25, 0.3) is 5.69 Å². The third-order valence-electron chi connectivity index (χ3n) is 3.28. The molecule has 0 aromatic heterocycles. The van der Waals surface area contributed by atoms with Crippen LogP contribution in [0.1, 0.15) is 30.9 Å². The molecule has 0 heterocycles. The Kier molecular flexibility index (Phi) is 4.81. The highest BCUT2D eigenvalue weighted by molar-refractivity contribution is 6.30. The minimum atomic E-state index is -0.409. The quantitative estimate of drug-likeness (QED) is 0.626. The summed E-state index contributed by atoms with van der Waals surface area (Å²) in [5, 5.41) is 14.6. The molecule has 2 rings (SSSR count). The van der Waals surface area contributed by atoms with Crippen molar-refractivity contribution in [2.75, 3.05) is 5.32 Å². The highest BCUT2D eigenvalue weighted by atomic mass is 35.5. The summed E-state index contributed by atoms with van der Waals surface area (Å²) < 4.78 is 0. The van der Waals surface area contributed by atoms with Gasteiger partial charge in [0.15, 0.2) is 0 Å². The van der Waals surface area contributed by atoms with Gasteiger partial charge in [-0.25, -0.2) is 0 Å². The molecule has 0 bridgehead atoms. The first-order chi connectivity index (χ1) is 9.97. The number of nitro groups is 1. The van der Waals surface area contributed by atoms with Gasteiger partial charge < -0.3 is 5.32 Å². The molecular formula is C16H17ClN2O2. The molecule has 0 saturated heterocycles. The molecule has 0 aliphatic heterocycles. The summed E-state index contributed by atoms with van der Waals surface area (Å²) in [5.41, 5.74) is 2.82. The van der Waals surface area contributed by atoms with Gasteiger partial charge in [0.2, 0.25) is 0 Å². The zero-order chi connectivity index (χ0) is 15.4. The number of benzene rings is 2. The Morgan fingerprint density at radius 3 is 2.67 bits per heavy atom. The number of nitrogens with zero attached hydrogens (tertiary/aromatic N) is 1. The van der Waals surface area contributed by atoms with Crippen LogP contribution in [-0.4, -0.2) is 4.92 Å². The SMILES string of the molecule is CC(C)c1cccc(NCc2ccc(Cl)cc2[N+](=O)[O-])c1. The summed E-state index contributed by atoms with van der Waals surface area (Å²) in [7, 11) is 0. The fraction of sp³-hybridized carbons (Fsp3) is 0.250. The third kappa shape index (κ3) is 3.95. The van der Waals surface area contributed by atoms with Crippen LogP contribution in [0, 0.1) is 10.1 Å². The Labute approximate surface area is 128 Å². The molecule has 2 aromatic carbocycles. The van der Waals surface area contributed by atoms with Crippen molar-refractivity contribution < 1.29 is 4.92 Å². The van der Waals surface area contributed by atoms with Crippen LogP contribution in [-0.2, 0) is 6.54 Å². The first kappa shape index (κ1) is 15.3. The second-order valence-corrected chi connectivity index (χ2v) is 5.60. The van der Waals surface area contributed by atoms with Crippen LogP contribution in [0.2, 0.25) is 5.02 Å². The molecule has 0 radical (unpaired) electrons. The summed E-state index contributed by atoms with van der Waals surface area (Å²) in [4.78, 5) is 10.6. The van der Waals surface area contributed by atoms with E-state index in [0.29, 0.717) is 23.0 Å². The van der Waals surface area contributed by atoms with E-state index in [4.69, 9.17) is 11.6 Å². The highest BCUT2D eigenvalue weighted by Gasteiger charge is 2.13. The van der Waals surface area contributed by atoms with Crippen LogP contribution in [0.3, 0.4) is 0 Å². The first-order valence-corrected chi connectivity index (χ1v) is 7.12. The summed E-state index contributed by atoms with van der Waals surface area (Å²) in [6.07, 6.45) is 0. The summed E-state index contributed by atoms with van der Waals surface area (Å²) >= 11 is 5.81. The molecule has 5 heteroatoms. The van der Waals surface area contributed by atoms with E-state index in [1.54, 1.807) is 12.1 Å². The van der Waals surface area contributed by atoms with Crippen molar-refractivity contribution in [1.82, 2.24) is 0 Å². The van der Waals surface area contributed by atoms with Crippen molar-refractivity contribution in [3.63, 3.8) is 0 Å². The minimum absolute atomic E-state index is 0.0371. The summed E-state index contributed by atoms with van der Waals surface area (Å²) in [5.74, 6) is 0.441. The zero-order valence-electron chi connectivity index (χ0n) is 12.0. The summed E-state index contributed by atoms with van der Waals surface area (Å²) in [6.45, 7) is 4.64. The molecule has 1 N–H and O–H groups in total. The molecule has 2 aromatic rings. The Morgan fingerprint density at radius 2 is 2.00 bits per heavy atom. The molecule has 110 valence electrons. The number of halogens is 1. The lowest BCUT2D eigenvalue weighted by Crippen LogP contribution is -2.03. The standard InChI is InChI=1S/C16H17ClN2O2/c1-11(2)12-4-3-5-15(8-12)18-10-13-6-7-14(17)9-16(13)19(20)21/h3-9,11,18H,10H2,1-2H3. The van der Waals surface area contributed by atoms with E-state index < -0.39 is 4.92 Å². The van der Waals surface area contributed by atoms with Crippen LogP contribution < -0.4 is 5.32 Å². The van der Waals surface area contributed by atoms with Crippen LogP contribution in [0.5, 0.6) is 0 Å². The molecule has 0 unspecified atom stereocenters. The topological polar surface area (TPSA) is 55.2 Å². The van der Waals surface area contributed by atoms with Crippen LogP contribution >= 0.6 is 11.6 Å². The van der Waals surface area contributed by atoms with Gasteiger partial charge in [-0.15, -0.1) is 0 Å². The van der Waals surface area contributed by atoms with E-state index in [2.05, 4.69) is 31.3 Å². The average molecular weight is 305 g/mol. The zero-order valence-corrected chi connectivity index (χ0v) is 12.7. The number of hydrogen-bond donors (Lipinski definition) is 1. The molecule has 0 aliphatic carbocycles. The predicted molar refractivity (Wildman–Crippen MR) is 86.0 cm³/mol. The Bertz CT molecular complexity index is 656. The normalized spacial score (nSPS) is 10.7. The monoisotopic (exact) mass is 304 g/mol. The van der Waals surface area contributed by atoms with Crippen molar-refractivity contribution >= 4 is 23.0 Å². The van der Waals surface area contributed by atoms with Gasteiger partial charge in [-0.3, -0.25) is 10.1 Å². The van der Waals surface area contributed by atoms with Crippen LogP contribution in [0.4, 0.5) is 11.4 Å². The maximum absolute atomic E-state index is 11.0.